The van der Waals surface area contributed by atoms with Crippen molar-refractivity contribution in [2.75, 3.05) is 0 Å². The van der Waals surface area contributed by atoms with Gasteiger partial charge in [0.1, 0.15) is 0 Å². The highest BCUT2D eigenvalue weighted by Crippen LogP contribution is 2.37. The first kappa shape index (κ1) is 16.6. The second-order valence-corrected chi connectivity index (χ2v) is 7.68. The van der Waals surface area contributed by atoms with E-state index < -0.39 is 12.1 Å². The lowest BCUT2D eigenvalue weighted by molar-refractivity contribution is -0.159. The fraction of sp³-hybridized carbons (Fsp3) is 0.562. The zero-order chi connectivity index (χ0) is 17.6. The molecule has 0 radical (unpaired) electrons. The van der Waals surface area contributed by atoms with Gasteiger partial charge in [0, 0.05) is 16.8 Å². The molecule has 2 fully saturated rings. The largest absolute Gasteiger partial charge is 0.471 e. The minimum Gasteiger partial charge on any atom is -0.334 e. The molecule has 25 heavy (non-hydrogen) atoms. The van der Waals surface area contributed by atoms with Crippen LogP contribution in [0.3, 0.4) is 0 Å². The fourth-order valence-electron chi connectivity index (χ4n) is 2.85. The fourth-order valence-corrected chi connectivity index (χ4v) is 3.79. The second-order valence-electron chi connectivity index (χ2n) is 6.51. The standard InChI is InChI=1S/C16H16F3N3O2S/c17-16(18,19)15-20-13(21-24-15)12-7-6-11(25-12)8-22(10-4-5-10)14(23)9-2-1-3-9/h6-7,9-10H,1-5,8H2. The highest BCUT2D eigenvalue weighted by molar-refractivity contribution is 7.15. The molecule has 2 aliphatic rings. The molecule has 0 atom stereocenters. The molecule has 0 aromatic carbocycles. The average Bonchev–Trinajstić information content (AvgIpc) is 3.02. The van der Waals surface area contributed by atoms with Crippen molar-refractivity contribution >= 4 is 17.2 Å². The first-order valence-electron chi connectivity index (χ1n) is 8.22. The summed E-state index contributed by atoms with van der Waals surface area (Å²) in [4.78, 5) is 19.3. The molecule has 5 nitrogen and oxygen atoms in total. The van der Waals surface area contributed by atoms with E-state index in [1.807, 2.05) is 11.0 Å². The lowest BCUT2D eigenvalue weighted by atomic mass is 9.84. The monoisotopic (exact) mass is 371 g/mol. The minimum absolute atomic E-state index is 0.0770. The molecule has 1 amide bonds. The number of aromatic nitrogens is 2. The van der Waals surface area contributed by atoms with Crippen molar-refractivity contribution < 1.29 is 22.5 Å². The third-order valence-corrected chi connectivity index (χ3v) is 5.67. The first-order valence-corrected chi connectivity index (χ1v) is 9.04. The highest BCUT2D eigenvalue weighted by Gasteiger charge is 2.39. The Morgan fingerprint density at radius 3 is 2.60 bits per heavy atom. The average molecular weight is 371 g/mol. The Labute approximate surface area is 145 Å². The SMILES string of the molecule is O=C(C1CCC1)N(Cc1ccc(-c2noc(C(F)(F)F)n2)s1)C1CC1. The third kappa shape index (κ3) is 3.42. The number of hydrogen-bond acceptors (Lipinski definition) is 5. The number of nitrogens with zero attached hydrogens (tertiary/aromatic N) is 3. The summed E-state index contributed by atoms with van der Waals surface area (Å²) in [5.41, 5.74) is 0. The number of carbonyl (C=O) groups is 1. The molecular formula is C16H16F3N3O2S. The maximum atomic E-state index is 12.6. The number of hydrogen-bond donors (Lipinski definition) is 0. The molecule has 2 aliphatic carbocycles. The maximum Gasteiger partial charge on any atom is 0.471 e. The molecule has 2 aromatic heterocycles. The quantitative estimate of drug-likeness (QED) is 0.794. The number of halogens is 3. The molecule has 134 valence electrons. The summed E-state index contributed by atoms with van der Waals surface area (Å²) in [7, 11) is 0. The van der Waals surface area contributed by atoms with Gasteiger partial charge in [0.2, 0.25) is 11.7 Å². The van der Waals surface area contributed by atoms with Gasteiger partial charge in [0.15, 0.2) is 0 Å². The van der Waals surface area contributed by atoms with Gasteiger partial charge < -0.3 is 9.42 Å². The topological polar surface area (TPSA) is 59.2 Å². The Bertz CT molecular complexity index is 778. The van der Waals surface area contributed by atoms with Crippen LogP contribution in [0.5, 0.6) is 0 Å². The zero-order valence-corrected chi connectivity index (χ0v) is 14.1. The predicted octanol–water partition coefficient (Wildman–Crippen LogP) is 4.11. The number of carbonyl (C=O) groups excluding carboxylic acids is 1. The van der Waals surface area contributed by atoms with E-state index in [-0.39, 0.29) is 17.6 Å². The van der Waals surface area contributed by atoms with E-state index in [0.717, 1.165) is 37.0 Å². The number of thiophene rings is 1. The van der Waals surface area contributed by atoms with E-state index in [9.17, 15) is 18.0 Å². The van der Waals surface area contributed by atoms with E-state index in [1.54, 1.807) is 6.07 Å². The molecule has 0 unspecified atom stereocenters. The molecule has 0 N–H and O–H groups in total. The van der Waals surface area contributed by atoms with Gasteiger partial charge in [-0.25, -0.2) is 0 Å². The molecule has 0 spiro atoms. The van der Waals surface area contributed by atoms with E-state index in [0.29, 0.717) is 17.5 Å². The molecule has 2 heterocycles. The molecule has 4 rings (SSSR count). The van der Waals surface area contributed by atoms with Crippen molar-refractivity contribution in [3.8, 4) is 10.7 Å². The lowest BCUT2D eigenvalue weighted by Gasteiger charge is -2.31. The smallest absolute Gasteiger partial charge is 0.334 e. The van der Waals surface area contributed by atoms with Crippen LogP contribution in [0.15, 0.2) is 16.7 Å². The Morgan fingerprint density at radius 2 is 2.04 bits per heavy atom. The number of amides is 1. The highest BCUT2D eigenvalue weighted by atomic mass is 32.1. The van der Waals surface area contributed by atoms with Crippen LogP contribution in [0.2, 0.25) is 0 Å². The molecule has 9 heteroatoms. The van der Waals surface area contributed by atoms with E-state index >= 15 is 0 Å². The summed E-state index contributed by atoms with van der Waals surface area (Å²) in [6.07, 6.45) is 0.426. The summed E-state index contributed by atoms with van der Waals surface area (Å²) in [5.74, 6) is -1.07. The molecule has 2 saturated carbocycles. The Balaban J connectivity index is 1.48. The van der Waals surface area contributed by atoms with Gasteiger partial charge in [-0.15, -0.1) is 11.3 Å². The molecule has 0 aliphatic heterocycles. The third-order valence-electron chi connectivity index (χ3n) is 4.60. The van der Waals surface area contributed by atoms with Crippen molar-refractivity contribution in [1.29, 1.82) is 0 Å². The van der Waals surface area contributed by atoms with E-state index in [1.165, 1.54) is 11.3 Å². The second kappa shape index (κ2) is 6.12. The summed E-state index contributed by atoms with van der Waals surface area (Å²) in [5, 5.41) is 3.40. The van der Waals surface area contributed by atoms with E-state index in [2.05, 4.69) is 14.7 Å². The van der Waals surface area contributed by atoms with Gasteiger partial charge >= 0.3 is 12.1 Å². The van der Waals surface area contributed by atoms with Crippen LogP contribution in [0.25, 0.3) is 10.7 Å². The van der Waals surface area contributed by atoms with Gasteiger partial charge in [-0.3, -0.25) is 4.79 Å². The predicted molar refractivity (Wildman–Crippen MR) is 83.5 cm³/mol. The van der Waals surface area contributed by atoms with Crippen LogP contribution in [-0.2, 0) is 17.5 Å². The van der Waals surface area contributed by atoms with Gasteiger partial charge in [-0.1, -0.05) is 11.6 Å². The first-order chi connectivity index (χ1) is 11.9. The van der Waals surface area contributed by atoms with Crippen LogP contribution in [0.1, 0.15) is 42.9 Å². The zero-order valence-electron chi connectivity index (χ0n) is 13.3. The molecule has 2 aromatic rings. The van der Waals surface area contributed by atoms with Gasteiger partial charge in [0.25, 0.3) is 0 Å². The summed E-state index contributed by atoms with van der Waals surface area (Å²) in [6.45, 7) is 0.495. The molecular weight excluding hydrogens is 355 g/mol. The molecule has 0 bridgehead atoms. The number of rotatable bonds is 5. The Kier molecular flexibility index (Phi) is 4.05. The van der Waals surface area contributed by atoms with Gasteiger partial charge in [-0.05, 0) is 37.8 Å². The van der Waals surface area contributed by atoms with Gasteiger partial charge in [-0.2, -0.15) is 18.2 Å². The summed E-state index contributed by atoms with van der Waals surface area (Å²) in [6, 6.07) is 3.79. The number of alkyl halides is 3. The Morgan fingerprint density at radius 1 is 1.28 bits per heavy atom. The van der Waals surface area contributed by atoms with Crippen molar-refractivity contribution in [3.05, 3.63) is 22.9 Å². The van der Waals surface area contributed by atoms with Gasteiger partial charge in [0.05, 0.1) is 11.4 Å². The van der Waals surface area contributed by atoms with Crippen molar-refractivity contribution in [3.63, 3.8) is 0 Å². The van der Waals surface area contributed by atoms with E-state index in [4.69, 9.17) is 0 Å². The van der Waals surface area contributed by atoms with Crippen LogP contribution >= 0.6 is 11.3 Å². The van der Waals surface area contributed by atoms with Crippen LogP contribution in [0, 0.1) is 5.92 Å². The van der Waals surface area contributed by atoms with Crippen molar-refractivity contribution in [2.45, 2.75) is 50.9 Å². The molecule has 0 saturated heterocycles. The van der Waals surface area contributed by atoms with Crippen molar-refractivity contribution in [1.82, 2.24) is 15.0 Å². The van der Waals surface area contributed by atoms with Crippen LogP contribution < -0.4 is 0 Å². The summed E-state index contributed by atoms with van der Waals surface area (Å²) >= 11 is 1.29. The maximum absolute atomic E-state index is 12.6. The van der Waals surface area contributed by atoms with Crippen molar-refractivity contribution in [2.24, 2.45) is 5.92 Å². The minimum atomic E-state index is -4.65. The lowest BCUT2D eigenvalue weighted by Crippen LogP contribution is -2.39. The Hall–Kier alpha value is -1.90. The van der Waals surface area contributed by atoms with Crippen LogP contribution in [0.4, 0.5) is 13.2 Å². The normalized spacial score (nSPS) is 18.2. The van der Waals surface area contributed by atoms with Crippen LogP contribution in [-0.4, -0.2) is 27.0 Å². The summed E-state index contributed by atoms with van der Waals surface area (Å²) < 4.78 is 41.9.